The van der Waals surface area contributed by atoms with Crippen molar-refractivity contribution < 1.29 is 9.53 Å². The van der Waals surface area contributed by atoms with Gasteiger partial charge in [0.2, 0.25) is 5.88 Å². The summed E-state index contributed by atoms with van der Waals surface area (Å²) in [6.07, 6.45) is 0. The molecule has 3 rings (SSSR count). The largest absolute Gasteiger partial charge is 0.480 e. The molecule has 1 amide bonds. The van der Waals surface area contributed by atoms with Crippen molar-refractivity contribution in [1.29, 1.82) is 0 Å². The molecule has 2 aromatic heterocycles. The summed E-state index contributed by atoms with van der Waals surface area (Å²) in [5.41, 5.74) is 2.19. The molecule has 7 heteroatoms. The van der Waals surface area contributed by atoms with Crippen LogP contribution < -0.4 is 10.1 Å². The van der Waals surface area contributed by atoms with E-state index in [0.717, 1.165) is 15.8 Å². The zero-order valence-electron chi connectivity index (χ0n) is 11.5. The van der Waals surface area contributed by atoms with Crippen LogP contribution in [0.15, 0.2) is 30.3 Å². The smallest absolute Gasteiger partial charge is 0.277 e. The summed E-state index contributed by atoms with van der Waals surface area (Å²) in [5.74, 6) is 0.0176. The molecule has 6 nitrogen and oxygen atoms in total. The summed E-state index contributed by atoms with van der Waals surface area (Å²) in [6.45, 7) is 1.99. The Bertz CT molecular complexity index is 798. The molecule has 21 heavy (non-hydrogen) atoms. The standard InChI is InChI=1S/C14H12N4O2S/c1-8-4-3-5-10-12(8)15-14(21-10)16-13(19)9-6-7-11(20-2)18-17-9/h3-7H,1-2H3,(H,15,16,19). The lowest BCUT2D eigenvalue weighted by Crippen LogP contribution is -2.14. The minimum atomic E-state index is -0.345. The minimum absolute atomic E-state index is 0.215. The first-order valence-corrected chi connectivity index (χ1v) is 7.04. The van der Waals surface area contributed by atoms with E-state index in [1.165, 1.54) is 18.4 Å². The van der Waals surface area contributed by atoms with Crippen LogP contribution in [0.3, 0.4) is 0 Å². The highest BCUT2D eigenvalue weighted by Crippen LogP contribution is 2.28. The van der Waals surface area contributed by atoms with Crippen LogP contribution in [0.1, 0.15) is 16.1 Å². The summed E-state index contributed by atoms with van der Waals surface area (Å²) in [4.78, 5) is 16.5. The van der Waals surface area contributed by atoms with Gasteiger partial charge in [0.05, 0.1) is 17.3 Å². The number of anilines is 1. The molecule has 0 saturated carbocycles. The van der Waals surface area contributed by atoms with Crippen molar-refractivity contribution in [2.45, 2.75) is 6.92 Å². The number of carbonyl (C=O) groups excluding carboxylic acids is 1. The van der Waals surface area contributed by atoms with Crippen LogP contribution in [0.2, 0.25) is 0 Å². The van der Waals surface area contributed by atoms with Crippen molar-refractivity contribution in [1.82, 2.24) is 15.2 Å². The number of rotatable bonds is 3. The van der Waals surface area contributed by atoms with Crippen molar-refractivity contribution in [2.24, 2.45) is 0 Å². The van der Waals surface area contributed by atoms with E-state index in [2.05, 4.69) is 20.5 Å². The number of hydrogen-bond donors (Lipinski definition) is 1. The quantitative estimate of drug-likeness (QED) is 0.804. The highest BCUT2D eigenvalue weighted by atomic mass is 32.1. The number of nitrogens with one attached hydrogen (secondary N) is 1. The third-order valence-corrected chi connectivity index (χ3v) is 3.86. The third kappa shape index (κ3) is 2.68. The minimum Gasteiger partial charge on any atom is -0.480 e. The lowest BCUT2D eigenvalue weighted by atomic mass is 10.2. The van der Waals surface area contributed by atoms with E-state index in [4.69, 9.17) is 4.74 Å². The molecule has 0 aliphatic carbocycles. The molecule has 106 valence electrons. The van der Waals surface area contributed by atoms with Gasteiger partial charge >= 0.3 is 0 Å². The Labute approximate surface area is 124 Å². The second-order valence-corrected chi connectivity index (χ2v) is 5.39. The van der Waals surface area contributed by atoms with E-state index in [-0.39, 0.29) is 11.6 Å². The SMILES string of the molecule is COc1ccc(C(=O)Nc2nc3c(C)cccc3s2)nn1. The van der Waals surface area contributed by atoms with Gasteiger partial charge in [0.1, 0.15) is 0 Å². The molecule has 3 aromatic rings. The van der Waals surface area contributed by atoms with Crippen LogP contribution in [-0.2, 0) is 0 Å². The number of carbonyl (C=O) groups is 1. The predicted molar refractivity (Wildman–Crippen MR) is 80.9 cm³/mol. The molecule has 0 aliphatic rings. The Morgan fingerprint density at radius 1 is 1.24 bits per heavy atom. The number of benzene rings is 1. The van der Waals surface area contributed by atoms with E-state index < -0.39 is 0 Å². The van der Waals surface area contributed by atoms with Gasteiger partial charge in [-0.2, -0.15) is 0 Å². The van der Waals surface area contributed by atoms with Crippen molar-refractivity contribution in [3.8, 4) is 5.88 Å². The van der Waals surface area contributed by atoms with Gasteiger partial charge in [0.15, 0.2) is 10.8 Å². The fourth-order valence-corrected chi connectivity index (χ4v) is 2.79. The Morgan fingerprint density at radius 2 is 2.10 bits per heavy atom. The van der Waals surface area contributed by atoms with Crippen LogP contribution in [0.25, 0.3) is 10.2 Å². The molecule has 0 bridgehead atoms. The van der Waals surface area contributed by atoms with E-state index in [9.17, 15) is 4.79 Å². The van der Waals surface area contributed by atoms with Gasteiger partial charge < -0.3 is 4.74 Å². The summed E-state index contributed by atoms with van der Waals surface area (Å²) in [6, 6.07) is 9.08. The normalized spacial score (nSPS) is 10.6. The van der Waals surface area contributed by atoms with Crippen molar-refractivity contribution in [3.63, 3.8) is 0 Å². The summed E-state index contributed by atoms with van der Waals surface area (Å²) in [5, 5.41) is 10.9. The second-order valence-electron chi connectivity index (χ2n) is 4.36. The molecular formula is C14H12N4O2S. The third-order valence-electron chi connectivity index (χ3n) is 2.92. The number of fused-ring (bicyclic) bond motifs is 1. The first kappa shape index (κ1) is 13.4. The molecule has 2 heterocycles. The topological polar surface area (TPSA) is 77.0 Å². The van der Waals surface area contributed by atoms with E-state index in [0.29, 0.717) is 11.0 Å². The first-order chi connectivity index (χ1) is 10.2. The summed E-state index contributed by atoms with van der Waals surface area (Å²) >= 11 is 1.43. The lowest BCUT2D eigenvalue weighted by molar-refractivity contribution is 0.102. The van der Waals surface area contributed by atoms with Crippen molar-refractivity contribution in [2.75, 3.05) is 12.4 Å². The van der Waals surface area contributed by atoms with Gasteiger partial charge in [-0.15, -0.1) is 10.2 Å². The second kappa shape index (κ2) is 5.45. The zero-order valence-corrected chi connectivity index (χ0v) is 12.3. The number of methoxy groups -OCH3 is 1. The van der Waals surface area contributed by atoms with Crippen molar-refractivity contribution in [3.05, 3.63) is 41.6 Å². The molecule has 1 aromatic carbocycles. The fraction of sp³-hybridized carbons (Fsp3) is 0.143. The monoisotopic (exact) mass is 300 g/mol. The van der Waals surface area contributed by atoms with Crippen LogP contribution in [-0.4, -0.2) is 28.2 Å². The van der Waals surface area contributed by atoms with Crippen LogP contribution in [0.5, 0.6) is 5.88 Å². The van der Waals surface area contributed by atoms with Gasteiger partial charge in [-0.3, -0.25) is 10.1 Å². The Balaban J connectivity index is 1.83. The molecule has 0 spiro atoms. The maximum Gasteiger partial charge on any atom is 0.277 e. The molecule has 0 radical (unpaired) electrons. The van der Waals surface area contributed by atoms with E-state index in [1.807, 2.05) is 25.1 Å². The van der Waals surface area contributed by atoms with Crippen LogP contribution >= 0.6 is 11.3 Å². The van der Waals surface area contributed by atoms with E-state index in [1.54, 1.807) is 12.1 Å². The van der Waals surface area contributed by atoms with Gasteiger partial charge in [-0.25, -0.2) is 4.98 Å². The molecule has 0 aliphatic heterocycles. The zero-order chi connectivity index (χ0) is 14.8. The van der Waals surface area contributed by atoms with Gasteiger partial charge in [0.25, 0.3) is 5.91 Å². The number of thiazole rings is 1. The number of aryl methyl sites for hydroxylation is 1. The Hall–Kier alpha value is -2.54. The highest BCUT2D eigenvalue weighted by molar-refractivity contribution is 7.22. The molecule has 1 N–H and O–H groups in total. The maximum absolute atomic E-state index is 12.1. The number of para-hydroxylation sites is 1. The molecule has 0 atom stereocenters. The number of hydrogen-bond acceptors (Lipinski definition) is 6. The Morgan fingerprint density at radius 3 is 2.76 bits per heavy atom. The average molecular weight is 300 g/mol. The molecule has 0 fully saturated rings. The number of aromatic nitrogens is 3. The number of nitrogens with zero attached hydrogens (tertiary/aromatic N) is 3. The van der Waals surface area contributed by atoms with Crippen LogP contribution in [0.4, 0.5) is 5.13 Å². The molecule has 0 unspecified atom stereocenters. The summed E-state index contributed by atoms with van der Waals surface area (Å²) in [7, 11) is 1.49. The lowest BCUT2D eigenvalue weighted by Gasteiger charge is -2.01. The van der Waals surface area contributed by atoms with Crippen LogP contribution in [0, 0.1) is 6.92 Å². The average Bonchev–Trinajstić information content (AvgIpc) is 2.91. The molecule has 0 saturated heterocycles. The van der Waals surface area contributed by atoms with Gasteiger partial charge in [-0.05, 0) is 24.6 Å². The first-order valence-electron chi connectivity index (χ1n) is 6.22. The maximum atomic E-state index is 12.1. The van der Waals surface area contributed by atoms with Gasteiger partial charge in [-0.1, -0.05) is 23.5 Å². The predicted octanol–water partition coefficient (Wildman–Crippen LogP) is 2.66. The fourth-order valence-electron chi connectivity index (χ4n) is 1.85. The van der Waals surface area contributed by atoms with Gasteiger partial charge in [0, 0.05) is 6.07 Å². The number of ether oxygens (including phenoxy) is 1. The Kier molecular flexibility index (Phi) is 3.49. The highest BCUT2D eigenvalue weighted by Gasteiger charge is 2.12. The van der Waals surface area contributed by atoms with Crippen molar-refractivity contribution >= 4 is 32.6 Å². The number of amides is 1. The summed E-state index contributed by atoms with van der Waals surface area (Å²) < 4.78 is 5.94. The van der Waals surface area contributed by atoms with E-state index >= 15 is 0 Å². The molecular weight excluding hydrogens is 288 g/mol.